The predicted octanol–water partition coefficient (Wildman–Crippen LogP) is -0.636. The molecule has 0 rings (SSSR count). The summed E-state index contributed by atoms with van der Waals surface area (Å²) in [5, 5.41) is 18.2. The van der Waals surface area contributed by atoms with Gasteiger partial charge in [-0.15, -0.1) is 0 Å². The molecule has 0 amide bonds. The molecule has 11 nitrogen and oxygen atoms in total. The zero-order valence-electron chi connectivity index (χ0n) is 9.07. The molecule has 0 spiro atoms. The van der Waals surface area contributed by atoms with Gasteiger partial charge in [-0.05, 0) is 0 Å². The van der Waals surface area contributed by atoms with E-state index in [2.05, 4.69) is 9.05 Å². The van der Waals surface area contributed by atoms with Gasteiger partial charge >= 0.3 is 34.5 Å². The van der Waals surface area contributed by atoms with Crippen LogP contribution >= 0.6 is 23.4 Å². The van der Waals surface area contributed by atoms with E-state index < -0.39 is 34.5 Å². The molecule has 18 heavy (non-hydrogen) atoms. The topological polar surface area (TPSA) is 191 Å². The van der Waals surface area contributed by atoms with E-state index in [1.54, 1.807) is 0 Å². The Bertz CT molecular complexity index is 376. The Morgan fingerprint density at radius 3 is 1.28 bits per heavy atom. The average Bonchev–Trinajstić information content (AvgIpc) is 1.95. The van der Waals surface area contributed by atoms with Gasteiger partial charge in [0.15, 0.2) is 0 Å². The maximum Gasteiger partial charge on any atom is 0.704 e. The maximum atomic E-state index is 11.1. The van der Waals surface area contributed by atoms with Crippen molar-refractivity contribution in [2.45, 2.75) is 24.9 Å². The van der Waals surface area contributed by atoms with Crippen LogP contribution in [-0.2, 0) is 22.7 Å². The molecule has 0 bridgehead atoms. The average molecular weight is 329 g/mol. The monoisotopic (exact) mass is 329 g/mol. The fourth-order valence-corrected chi connectivity index (χ4v) is 2.26. The third-order valence-electron chi connectivity index (χ3n) is 1.58. The van der Waals surface area contributed by atoms with E-state index in [4.69, 9.17) is 29.8 Å². The fraction of sp³-hybridized carbons (Fsp3) is 1.00. The van der Waals surface area contributed by atoms with E-state index >= 15 is 0 Å². The van der Waals surface area contributed by atoms with Crippen molar-refractivity contribution in [1.29, 1.82) is 0 Å². The highest BCUT2D eigenvalue weighted by molar-refractivity contribution is 7.54. The number of aliphatic hydroxyl groups is 2. The van der Waals surface area contributed by atoms with E-state index in [1.165, 1.54) is 0 Å². The van der Waals surface area contributed by atoms with Gasteiger partial charge in [0.25, 0.3) is 0 Å². The first-order chi connectivity index (χ1) is 7.60. The molecule has 14 heteroatoms. The SMILES string of the molecule is CC(O)(O[P+](=O)OC(C)(O)P(=O)(O)O)P(=O)(O)O. The van der Waals surface area contributed by atoms with Crippen molar-refractivity contribution in [1.82, 2.24) is 0 Å². The summed E-state index contributed by atoms with van der Waals surface area (Å²) in [5.74, 6) is 0. The first-order valence-corrected chi connectivity index (χ1v) is 8.34. The van der Waals surface area contributed by atoms with Gasteiger partial charge in [0.1, 0.15) is 0 Å². The van der Waals surface area contributed by atoms with Gasteiger partial charge in [0, 0.05) is 18.4 Å². The van der Waals surface area contributed by atoms with Crippen LogP contribution in [-0.4, -0.2) is 40.8 Å². The van der Waals surface area contributed by atoms with Crippen molar-refractivity contribution in [2.75, 3.05) is 0 Å². The second-order valence-electron chi connectivity index (χ2n) is 3.36. The molecular weight excluding hydrogens is 317 g/mol. The van der Waals surface area contributed by atoms with Gasteiger partial charge in [0.2, 0.25) is 0 Å². The number of rotatable bonds is 6. The largest absolute Gasteiger partial charge is 0.704 e. The van der Waals surface area contributed by atoms with Gasteiger partial charge in [-0.25, -0.2) is 0 Å². The molecule has 0 radical (unpaired) electrons. The van der Waals surface area contributed by atoms with Crippen LogP contribution in [0.3, 0.4) is 0 Å². The Morgan fingerprint density at radius 2 is 1.11 bits per heavy atom. The third kappa shape index (κ3) is 4.73. The van der Waals surface area contributed by atoms with Crippen LogP contribution in [0.15, 0.2) is 0 Å². The van der Waals surface area contributed by atoms with Crippen molar-refractivity contribution in [2.24, 2.45) is 0 Å². The zero-order valence-corrected chi connectivity index (χ0v) is 11.7. The van der Waals surface area contributed by atoms with Crippen molar-refractivity contribution < 1.29 is 52.5 Å². The standard InChI is InChI=1S/C4H11O11P3/c1-3(5,17(8,9)10)14-16(7)15-4(2,6)18(11,12)13/h5-6H,1-2H3,(H3-,8,9,10,11,12,13)/p+1. The molecule has 0 aromatic heterocycles. The Morgan fingerprint density at radius 1 is 0.889 bits per heavy atom. The summed E-state index contributed by atoms with van der Waals surface area (Å²) in [4.78, 5) is 34.4. The Kier molecular flexibility index (Phi) is 5.39. The minimum Gasteiger partial charge on any atom is -0.353 e. The maximum absolute atomic E-state index is 11.1. The van der Waals surface area contributed by atoms with E-state index in [0.717, 1.165) is 0 Å². The molecule has 0 heterocycles. The molecule has 0 aromatic rings. The fourth-order valence-electron chi connectivity index (χ4n) is 0.407. The lowest BCUT2D eigenvalue weighted by Gasteiger charge is -2.19. The lowest BCUT2D eigenvalue weighted by Crippen LogP contribution is -2.29. The van der Waals surface area contributed by atoms with Crippen LogP contribution in [0.1, 0.15) is 13.8 Å². The van der Waals surface area contributed by atoms with Gasteiger partial charge in [-0.3, -0.25) is 9.13 Å². The van der Waals surface area contributed by atoms with Crippen LogP contribution in [0.5, 0.6) is 0 Å². The minimum absolute atomic E-state index is 0.455. The molecule has 0 aliphatic carbocycles. The highest BCUT2D eigenvalue weighted by Gasteiger charge is 2.56. The first-order valence-electron chi connectivity index (χ1n) is 4.02. The third-order valence-corrected chi connectivity index (χ3v) is 5.22. The molecule has 2 atom stereocenters. The lowest BCUT2D eigenvalue weighted by molar-refractivity contribution is -0.104. The highest BCUT2D eigenvalue weighted by Crippen LogP contribution is 2.57. The Balaban J connectivity index is 4.85. The smallest absolute Gasteiger partial charge is 0.353 e. The summed E-state index contributed by atoms with van der Waals surface area (Å²) >= 11 is 0. The van der Waals surface area contributed by atoms with Crippen LogP contribution in [0.2, 0.25) is 0 Å². The predicted molar refractivity (Wildman–Crippen MR) is 55.1 cm³/mol. The van der Waals surface area contributed by atoms with Gasteiger partial charge in [-0.2, -0.15) is 0 Å². The summed E-state index contributed by atoms with van der Waals surface area (Å²) in [7, 11) is -14.1. The zero-order chi connectivity index (χ0) is 15.0. The van der Waals surface area contributed by atoms with Crippen LogP contribution in [0, 0.1) is 0 Å². The van der Waals surface area contributed by atoms with Crippen LogP contribution < -0.4 is 0 Å². The summed E-state index contributed by atoms with van der Waals surface area (Å²) in [6.45, 7) is 0.910. The minimum atomic E-state index is -5.23. The molecule has 0 aromatic carbocycles. The molecule has 108 valence electrons. The summed E-state index contributed by atoms with van der Waals surface area (Å²) in [6, 6.07) is 0. The van der Waals surface area contributed by atoms with Gasteiger partial charge < -0.3 is 29.8 Å². The molecule has 0 aliphatic heterocycles. The second-order valence-corrected chi connectivity index (χ2v) is 8.01. The van der Waals surface area contributed by atoms with Crippen LogP contribution in [0.25, 0.3) is 0 Å². The van der Waals surface area contributed by atoms with E-state index in [9.17, 15) is 13.7 Å². The first kappa shape index (κ1) is 18.2. The van der Waals surface area contributed by atoms with Crippen molar-refractivity contribution in [3.05, 3.63) is 0 Å². The number of hydrogen-bond acceptors (Lipinski definition) is 7. The van der Waals surface area contributed by atoms with E-state index in [1.807, 2.05) is 0 Å². The molecule has 0 aliphatic rings. The highest BCUT2D eigenvalue weighted by atomic mass is 31.2. The Hall–Kier alpha value is 0.240. The summed E-state index contributed by atoms with van der Waals surface area (Å²) in [6.07, 6.45) is 0. The van der Waals surface area contributed by atoms with Crippen LogP contribution in [0.4, 0.5) is 0 Å². The number of hydrogen-bond donors (Lipinski definition) is 6. The molecule has 2 unspecified atom stereocenters. The van der Waals surface area contributed by atoms with Crippen molar-refractivity contribution in [3.63, 3.8) is 0 Å². The molecule has 0 fully saturated rings. The van der Waals surface area contributed by atoms with E-state index in [-0.39, 0.29) is 0 Å². The molecule has 0 saturated heterocycles. The van der Waals surface area contributed by atoms with Gasteiger partial charge in [0.05, 0.1) is 0 Å². The van der Waals surface area contributed by atoms with Crippen molar-refractivity contribution in [3.8, 4) is 0 Å². The summed E-state index contributed by atoms with van der Waals surface area (Å²) in [5.41, 5.74) is -6.41. The summed E-state index contributed by atoms with van der Waals surface area (Å²) < 4.78 is 40.2. The molecule has 6 N–H and O–H groups in total. The van der Waals surface area contributed by atoms with Gasteiger partial charge in [-0.1, -0.05) is 9.05 Å². The second kappa shape index (κ2) is 5.32. The molecule has 0 saturated carbocycles. The molecular formula is C4H12O11P3+. The Labute approximate surface area is 102 Å². The van der Waals surface area contributed by atoms with Crippen molar-refractivity contribution >= 4 is 23.4 Å². The lowest BCUT2D eigenvalue weighted by atomic mass is 10.8. The van der Waals surface area contributed by atoms with E-state index in [0.29, 0.717) is 13.8 Å². The normalized spacial score (nSPS) is 21.0. The quantitative estimate of drug-likeness (QED) is 0.268.